The second-order valence-corrected chi connectivity index (χ2v) is 6.37. The topological polar surface area (TPSA) is 113 Å². The van der Waals surface area contributed by atoms with E-state index in [1.165, 1.54) is 36.5 Å². The van der Waals surface area contributed by atoms with Crippen molar-refractivity contribution in [3.05, 3.63) is 59.2 Å². The fourth-order valence-corrected chi connectivity index (χ4v) is 2.80. The van der Waals surface area contributed by atoms with Crippen LogP contribution in [-0.2, 0) is 10.3 Å². The Balaban J connectivity index is 1.87. The van der Waals surface area contributed by atoms with E-state index in [-0.39, 0.29) is 17.9 Å². The Bertz CT molecular complexity index is 936. The van der Waals surface area contributed by atoms with Crippen molar-refractivity contribution in [2.45, 2.75) is 18.9 Å². The van der Waals surface area contributed by atoms with Crippen molar-refractivity contribution in [1.29, 1.82) is 5.26 Å². The molecule has 1 aliphatic heterocycles. The number of carbonyl (C=O) groups is 1. The van der Waals surface area contributed by atoms with Crippen LogP contribution in [0, 0.1) is 17.1 Å². The SMILES string of the molecule is C[C@@]1(c2cc(NC(=O)c3ccc(C#N)cn3)ccc2F)COCCC(N)=N1. The molecule has 1 aromatic heterocycles. The molecule has 1 aromatic carbocycles. The lowest BCUT2D eigenvalue weighted by Gasteiger charge is -2.25. The number of carbonyl (C=O) groups excluding carboxylic acids is 1. The second-order valence-electron chi connectivity index (χ2n) is 6.37. The lowest BCUT2D eigenvalue weighted by molar-refractivity contribution is 0.102. The smallest absolute Gasteiger partial charge is 0.274 e. The van der Waals surface area contributed by atoms with Gasteiger partial charge in [0, 0.05) is 23.9 Å². The van der Waals surface area contributed by atoms with Gasteiger partial charge in [-0.25, -0.2) is 9.37 Å². The molecular formula is C19H18FN5O2. The number of halogens is 1. The number of nitrogens with one attached hydrogen (secondary N) is 1. The number of hydrogen-bond acceptors (Lipinski definition) is 6. The first kappa shape index (κ1) is 18.5. The van der Waals surface area contributed by atoms with Crippen LogP contribution in [0.4, 0.5) is 10.1 Å². The highest BCUT2D eigenvalue weighted by molar-refractivity contribution is 6.02. The summed E-state index contributed by atoms with van der Waals surface area (Å²) in [6, 6.07) is 9.11. The number of nitrogens with zero attached hydrogens (tertiary/aromatic N) is 3. The van der Waals surface area contributed by atoms with Gasteiger partial charge in [-0.15, -0.1) is 0 Å². The molecule has 1 atom stereocenters. The van der Waals surface area contributed by atoms with Crippen LogP contribution in [0.25, 0.3) is 0 Å². The number of anilines is 1. The minimum absolute atomic E-state index is 0.145. The molecule has 0 aliphatic carbocycles. The van der Waals surface area contributed by atoms with E-state index in [2.05, 4.69) is 15.3 Å². The van der Waals surface area contributed by atoms with Crippen LogP contribution in [0.1, 0.15) is 35.0 Å². The number of nitriles is 1. The molecule has 3 N–H and O–H groups in total. The normalized spacial score (nSPS) is 19.5. The summed E-state index contributed by atoms with van der Waals surface area (Å²) in [5.41, 5.74) is 6.04. The van der Waals surface area contributed by atoms with Gasteiger partial charge in [0.05, 0.1) is 24.6 Å². The van der Waals surface area contributed by atoms with E-state index in [9.17, 15) is 9.18 Å². The monoisotopic (exact) mass is 367 g/mol. The van der Waals surface area contributed by atoms with Crippen molar-refractivity contribution in [3.8, 4) is 6.07 Å². The summed E-state index contributed by atoms with van der Waals surface area (Å²) < 4.78 is 20.0. The lowest BCUT2D eigenvalue weighted by atomic mass is 9.92. The molecular weight excluding hydrogens is 349 g/mol. The quantitative estimate of drug-likeness (QED) is 0.864. The highest BCUT2D eigenvalue weighted by atomic mass is 19.1. The molecule has 1 aliphatic rings. The fourth-order valence-electron chi connectivity index (χ4n) is 2.80. The van der Waals surface area contributed by atoms with Gasteiger partial charge in [0.2, 0.25) is 0 Å². The van der Waals surface area contributed by atoms with Gasteiger partial charge in [0.15, 0.2) is 0 Å². The van der Waals surface area contributed by atoms with E-state index in [0.29, 0.717) is 30.1 Å². The van der Waals surface area contributed by atoms with Crippen molar-refractivity contribution in [3.63, 3.8) is 0 Å². The zero-order valence-electron chi connectivity index (χ0n) is 14.7. The van der Waals surface area contributed by atoms with E-state index in [1.54, 1.807) is 6.92 Å². The van der Waals surface area contributed by atoms with Gasteiger partial charge in [-0.1, -0.05) is 0 Å². The number of hydrogen-bond donors (Lipinski definition) is 2. The molecule has 0 bridgehead atoms. The third-order valence-corrected chi connectivity index (χ3v) is 4.21. The van der Waals surface area contributed by atoms with Gasteiger partial charge >= 0.3 is 0 Å². The highest BCUT2D eigenvalue weighted by Gasteiger charge is 2.32. The van der Waals surface area contributed by atoms with Gasteiger partial charge < -0.3 is 15.8 Å². The largest absolute Gasteiger partial charge is 0.387 e. The van der Waals surface area contributed by atoms with Crippen molar-refractivity contribution < 1.29 is 13.9 Å². The van der Waals surface area contributed by atoms with Gasteiger partial charge in [0.25, 0.3) is 5.91 Å². The van der Waals surface area contributed by atoms with Gasteiger partial charge in [-0.3, -0.25) is 9.79 Å². The van der Waals surface area contributed by atoms with E-state index in [4.69, 9.17) is 15.7 Å². The molecule has 0 unspecified atom stereocenters. The van der Waals surface area contributed by atoms with Crippen molar-refractivity contribution in [1.82, 2.24) is 4.98 Å². The van der Waals surface area contributed by atoms with Gasteiger partial charge in [-0.2, -0.15) is 5.26 Å². The molecule has 7 nitrogen and oxygen atoms in total. The van der Waals surface area contributed by atoms with Crippen LogP contribution < -0.4 is 11.1 Å². The molecule has 0 saturated heterocycles. The molecule has 2 heterocycles. The Hall–Kier alpha value is -3.31. The van der Waals surface area contributed by atoms with Crippen molar-refractivity contribution >= 4 is 17.4 Å². The number of aromatic nitrogens is 1. The van der Waals surface area contributed by atoms with E-state index in [0.717, 1.165) is 0 Å². The van der Waals surface area contributed by atoms with Crippen LogP contribution in [-0.4, -0.2) is 29.9 Å². The molecule has 0 radical (unpaired) electrons. The molecule has 3 rings (SSSR count). The number of amidine groups is 1. The molecule has 0 saturated carbocycles. The maximum atomic E-state index is 14.5. The standard InChI is InChI=1S/C19H18FN5O2/c1-19(11-27-7-6-17(22)25-19)14-8-13(3-4-15(14)20)24-18(26)16-5-2-12(9-21)10-23-16/h2-5,8,10H,6-7,11H2,1H3,(H2,22,25)(H,24,26)/t19-/m0/s1. The van der Waals surface area contributed by atoms with E-state index >= 15 is 0 Å². The maximum Gasteiger partial charge on any atom is 0.274 e. The van der Waals surface area contributed by atoms with E-state index in [1.807, 2.05) is 6.07 Å². The Labute approximate surface area is 155 Å². The van der Waals surface area contributed by atoms with E-state index < -0.39 is 17.3 Å². The summed E-state index contributed by atoms with van der Waals surface area (Å²) >= 11 is 0. The number of rotatable bonds is 3. The molecule has 0 fully saturated rings. The minimum Gasteiger partial charge on any atom is -0.387 e. The average Bonchev–Trinajstić information content (AvgIpc) is 2.84. The van der Waals surface area contributed by atoms with Gasteiger partial charge in [-0.05, 0) is 37.3 Å². The third kappa shape index (κ3) is 4.10. The Morgan fingerprint density at radius 1 is 1.41 bits per heavy atom. The lowest BCUT2D eigenvalue weighted by Crippen LogP contribution is -2.28. The summed E-state index contributed by atoms with van der Waals surface area (Å²) in [6.07, 6.45) is 1.80. The second kappa shape index (κ2) is 7.51. The van der Waals surface area contributed by atoms with Crippen LogP contribution in [0.3, 0.4) is 0 Å². The number of ether oxygens (including phenoxy) is 1. The van der Waals surface area contributed by atoms with Crippen LogP contribution in [0.2, 0.25) is 0 Å². The number of amides is 1. The van der Waals surface area contributed by atoms with Crippen LogP contribution in [0.15, 0.2) is 41.5 Å². The maximum absolute atomic E-state index is 14.5. The first-order valence-electron chi connectivity index (χ1n) is 8.31. The zero-order chi connectivity index (χ0) is 19.4. The molecule has 27 heavy (non-hydrogen) atoms. The zero-order valence-corrected chi connectivity index (χ0v) is 14.7. The summed E-state index contributed by atoms with van der Waals surface area (Å²) in [4.78, 5) is 20.7. The number of aliphatic imine (C=N–C) groups is 1. The summed E-state index contributed by atoms with van der Waals surface area (Å²) in [5.74, 6) is -0.540. The van der Waals surface area contributed by atoms with Crippen LogP contribution >= 0.6 is 0 Å². The summed E-state index contributed by atoms with van der Waals surface area (Å²) in [5, 5.41) is 11.5. The number of pyridine rings is 1. The van der Waals surface area contributed by atoms with Crippen molar-refractivity contribution in [2.24, 2.45) is 10.7 Å². The Morgan fingerprint density at radius 3 is 2.93 bits per heavy atom. The summed E-state index contributed by atoms with van der Waals surface area (Å²) in [6.45, 7) is 2.34. The Kier molecular flexibility index (Phi) is 5.14. The Morgan fingerprint density at radius 2 is 2.22 bits per heavy atom. The number of benzene rings is 1. The van der Waals surface area contributed by atoms with Crippen LogP contribution in [0.5, 0.6) is 0 Å². The minimum atomic E-state index is -0.988. The molecule has 2 aromatic rings. The average molecular weight is 367 g/mol. The predicted molar refractivity (Wildman–Crippen MR) is 97.7 cm³/mol. The molecule has 1 amide bonds. The number of nitrogens with two attached hydrogens (primary N) is 1. The molecule has 8 heteroatoms. The first-order chi connectivity index (χ1) is 12.9. The fraction of sp³-hybridized carbons (Fsp3) is 0.263. The van der Waals surface area contributed by atoms with Crippen molar-refractivity contribution in [2.75, 3.05) is 18.5 Å². The highest BCUT2D eigenvalue weighted by Crippen LogP contribution is 2.32. The molecule has 138 valence electrons. The molecule has 0 spiro atoms. The first-order valence-corrected chi connectivity index (χ1v) is 8.31. The van der Waals surface area contributed by atoms with Gasteiger partial charge in [0.1, 0.15) is 23.1 Å². The summed E-state index contributed by atoms with van der Waals surface area (Å²) in [7, 11) is 0. The predicted octanol–water partition coefficient (Wildman–Crippen LogP) is 2.34. The third-order valence-electron chi connectivity index (χ3n) is 4.21.